The van der Waals surface area contributed by atoms with E-state index in [0.29, 0.717) is 17.1 Å². The Hall–Kier alpha value is -1.07. The van der Waals surface area contributed by atoms with Crippen molar-refractivity contribution < 1.29 is 30.0 Å². The van der Waals surface area contributed by atoms with Gasteiger partial charge in [-0.25, -0.2) is 9.59 Å². The largest absolute Gasteiger partial charge is 0.479 e. The molecule has 8 nitrogen and oxygen atoms in total. The minimum atomic E-state index is -2.27. The Labute approximate surface area is 195 Å². The van der Waals surface area contributed by atoms with E-state index in [1.54, 1.807) is 0 Å². The quantitative estimate of drug-likeness (QED) is 0.385. The number of carbonyl (C=O) groups is 2. The molecule has 2 heterocycles. The Balaban J connectivity index is 0.000000291. The van der Waals surface area contributed by atoms with E-state index in [1.165, 1.54) is 36.3 Å². The van der Waals surface area contributed by atoms with Gasteiger partial charge in [-0.1, -0.05) is 29.3 Å². The van der Waals surface area contributed by atoms with Gasteiger partial charge in [0.25, 0.3) is 0 Å². The predicted octanol–water partition coefficient (Wildman–Crippen LogP) is 1.93. The third kappa shape index (κ3) is 8.09. The maximum Gasteiger partial charge on any atom is 0.335 e. The van der Waals surface area contributed by atoms with E-state index in [1.807, 2.05) is 12.1 Å². The molecule has 0 amide bonds. The van der Waals surface area contributed by atoms with E-state index < -0.39 is 24.1 Å². The summed E-state index contributed by atoms with van der Waals surface area (Å²) in [5.41, 5.74) is 1.20. The number of nitrogens with one attached hydrogen (secondary N) is 1. The SMILES string of the molecule is Clc1ccc(CN(C2CCSCC2)[C@H]2CCNC2)c(Cl)c1.O=C(O)[C@H](O)[C@@H](O)C(=O)O. The van der Waals surface area contributed by atoms with E-state index in [4.69, 9.17) is 43.6 Å². The fraction of sp³-hybridized carbons (Fsp3) is 0.600. The van der Waals surface area contributed by atoms with Gasteiger partial charge in [0.2, 0.25) is 0 Å². The molecule has 0 aromatic heterocycles. The number of carboxylic acid groups (broad SMARTS) is 2. The second kappa shape index (κ2) is 12.8. The normalized spacial score (nSPS) is 21.3. The van der Waals surface area contributed by atoms with Gasteiger partial charge in [-0.05, 0) is 55.0 Å². The molecule has 11 heteroatoms. The van der Waals surface area contributed by atoms with Crippen LogP contribution >= 0.6 is 35.0 Å². The molecule has 1 aromatic carbocycles. The number of halogens is 2. The fourth-order valence-corrected chi connectivity index (χ4v) is 5.16. The molecule has 0 bridgehead atoms. The Bertz CT molecular complexity index is 726. The summed E-state index contributed by atoms with van der Waals surface area (Å²) in [5, 5.41) is 37.5. The second-order valence-electron chi connectivity index (χ2n) is 7.46. The lowest BCUT2D eigenvalue weighted by molar-refractivity contribution is -0.165. The standard InChI is InChI=1S/C16H22Cl2N2S.C4H6O6/c17-13-2-1-12(16(18)9-13)11-20(15-3-6-19-10-15)14-4-7-21-8-5-14;5-1(3(7)8)2(6)4(9)10/h1-2,9,14-15,19H,3-8,10-11H2;1-2,5-6H,(H,7,8)(H,9,10)/t15-;1-,2-/m01/s1. The predicted molar refractivity (Wildman–Crippen MR) is 121 cm³/mol. The molecule has 0 radical (unpaired) electrons. The van der Waals surface area contributed by atoms with E-state index in [2.05, 4.69) is 28.0 Å². The van der Waals surface area contributed by atoms with Gasteiger partial charge in [0, 0.05) is 35.2 Å². The molecule has 31 heavy (non-hydrogen) atoms. The highest BCUT2D eigenvalue weighted by Gasteiger charge is 2.30. The van der Waals surface area contributed by atoms with Crippen molar-refractivity contribution in [1.82, 2.24) is 10.2 Å². The summed E-state index contributed by atoms with van der Waals surface area (Å²) in [4.78, 5) is 22.2. The Morgan fingerprint density at radius 2 is 1.68 bits per heavy atom. The highest BCUT2D eigenvalue weighted by molar-refractivity contribution is 7.99. The smallest absolute Gasteiger partial charge is 0.335 e. The maximum atomic E-state index is 9.77. The second-order valence-corrected chi connectivity index (χ2v) is 9.53. The van der Waals surface area contributed by atoms with Crippen LogP contribution in [0.5, 0.6) is 0 Å². The van der Waals surface area contributed by atoms with E-state index in [-0.39, 0.29) is 0 Å². The molecule has 174 valence electrons. The van der Waals surface area contributed by atoms with Crippen molar-refractivity contribution in [2.24, 2.45) is 0 Å². The van der Waals surface area contributed by atoms with Gasteiger partial charge in [0.1, 0.15) is 0 Å². The lowest BCUT2D eigenvalue weighted by Gasteiger charge is -2.38. The number of carboxylic acids is 2. The van der Waals surface area contributed by atoms with Crippen LogP contribution in [0.15, 0.2) is 18.2 Å². The molecule has 2 saturated heterocycles. The fourth-order valence-electron chi connectivity index (χ4n) is 3.61. The zero-order chi connectivity index (χ0) is 23.0. The summed E-state index contributed by atoms with van der Waals surface area (Å²) >= 11 is 14.5. The van der Waals surface area contributed by atoms with Crippen molar-refractivity contribution in [3.8, 4) is 0 Å². The van der Waals surface area contributed by atoms with Crippen LogP contribution < -0.4 is 5.32 Å². The average Bonchev–Trinajstić information content (AvgIpc) is 3.27. The highest BCUT2D eigenvalue weighted by atomic mass is 35.5. The van der Waals surface area contributed by atoms with Crippen molar-refractivity contribution in [1.29, 1.82) is 0 Å². The van der Waals surface area contributed by atoms with Gasteiger partial charge in [-0.2, -0.15) is 11.8 Å². The van der Waals surface area contributed by atoms with Crippen molar-refractivity contribution in [2.45, 2.75) is 50.1 Å². The summed E-state index contributed by atoms with van der Waals surface area (Å²) in [5.74, 6) is -0.962. The number of aliphatic carboxylic acids is 2. The molecule has 2 fully saturated rings. The van der Waals surface area contributed by atoms with Crippen LogP contribution in [0.1, 0.15) is 24.8 Å². The summed E-state index contributed by atoms with van der Waals surface area (Å²) < 4.78 is 0. The van der Waals surface area contributed by atoms with E-state index >= 15 is 0 Å². The first-order valence-corrected chi connectivity index (χ1v) is 11.9. The number of thioether (sulfide) groups is 1. The Morgan fingerprint density at radius 1 is 1.06 bits per heavy atom. The van der Waals surface area contributed by atoms with Crippen LogP contribution in [0, 0.1) is 0 Å². The van der Waals surface area contributed by atoms with E-state index in [9.17, 15) is 9.59 Å². The average molecular weight is 495 g/mol. The summed E-state index contributed by atoms with van der Waals surface area (Å²) in [6.07, 6.45) is -0.692. The monoisotopic (exact) mass is 494 g/mol. The molecular weight excluding hydrogens is 467 g/mol. The summed E-state index contributed by atoms with van der Waals surface area (Å²) in [6.45, 7) is 3.18. The topological polar surface area (TPSA) is 130 Å². The lowest BCUT2D eigenvalue weighted by Crippen LogP contribution is -2.45. The summed E-state index contributed by atoms with van der Waals surface area (Å²) in [6, 6.07) is 7.23. The number of nitrogens with zero attached hydrogens (tertiary/aromatic N) is 1. The molecule has 0 spiro atoms. The number of rotatable bonds is 7. The van der Waals surface area contributed by atoms with Gasteiger partial charge in [0.05, 0.1) is 0 Å². The third-order valence-corrected chi connectivity index (χ3v) is 6.97. The molecule has 2 aliphatic rings. The van der Waals surface area contributed by atoms with Crippen LogP contribution in [0.25, 0.3) is 0 Å². The highest BCUT2D eigenvalue weighted by Crippen LogP contribution is 2.29. The van der Waals surface area contributed by atoms with Gasteiger partial charge in [-0.3, -0.25) is 4.90 Å². The molecular formula is C20H28Cl2N2O6S. The van der Waals surface area contributed by atoms with Crippen molar-refractivity contribution in [2.75, 3.05) is 24.6 Å². The number of aliphatic hydroxyl groups excluding tert-OH is 2. The van der Waals surface area contributed by atoms with Gasteiger partial charge >= 0.3 is 11.9 Å². The summed E-state index contributed by atoms with van der Waals surface area (Å²) in [7, 11) is 0. The molecule has 2 aliphatic heterocycles. The first-order valence-electron chi connectivity index (χ1n) is 10.0. The number of hydrogen-bond donors (Lipinski definition) is 5. The molecule has 5 N–H and O–H groups in total. The molecule has 1 aromatic rings. The Kier molecular flexibility index (Phi) is 10.8. The first-order chi connectivity index (χ1) is 14.7. The van der Waals surface area contributed by atoms with Crippen LogP contribution in [0.4, 0.5) is 0 Å². The number of hydrogen-bond acceptors (Lipinski definition) is 7. The minimum absolute atomic E-state index is 0.643. The van der Waals surface area contributed by atoms with Gasteiger partial charge in [-0.15, -0.1) is 0 Å². The van der Waals surface area contributed by atoms with Crippen molar-refractivity contribution >= 4 is 46.9 Å². The molecule has 3 rings (SSSR count). The number of benzene rings is 1. The lowest BCUT2D eigenvalue weighted by atomic mass is 10.0. The maximum absolute atomic E-state index is 9.77. The van der Waals surface area contributed by atoms with Crippen molar-refractivity contribution in [3.05, 3.63) is 33.8 Å². The first kappa shape index (κ1) is 26.2. The number of aliphatic hydroxyl groups is 2. The minimum Gasteiger partial charge on any atom is -0.479 e. The van der Waals surface area contributed by atoms with Gasteiger partial charge in [0.15, 0.2) is 12.2 Å². The van der Waals surface area contributed by atoms with Crippen LogP contribution in [-0.2, 0) is 16.1 Å². The van der Waals surface area contributed by atoms with Crippen LogP contribution in [0.3, 0.4) is 0 Å². The van der Waals surface area contributed by atoms with Gasteiger partial charge < -0.3 is 25.7 Å². The van der Waals surface area contributed by atoms with Crippen LogP contribution in [-0.4, -0.2) is 86.2 Å². The zero-order valence-electron chi connectivity index (χ0n) is 16.9. The molecule has 0 saturated carbocycles. The van der Waals surface area contributed by atoms with E-state index in [0.717, 1.165) is 24.7 Å². The third-order valence-electron chi connectivity index (χ3n) is 5.34. The molecule has 0 unspecified atom stereocenters. The molecule has 3 atom stereocenters. The Morgan fingerprint density at radius 3 is 2.16 bits per heavy atom. The molecule has 0 aliphatic carbocycles. The van der Waals surface area contributed by atoms with Crippen LogP contribution in [0.2, 0.25) is 10.0 Å². The van der Waals surface area contributed by atoms with Crippen molar-refractivity contribution in [3.63, 3.8) is 0 Å². The zero-order valence-corrected chi connectivity index (χ0v) is 19.2.